The maximum Gasteiger partial charge on any atom is 0.337 e. The summed E-state index contributed by atoms with van der Waals surface area (Å²) in [4.78, 5) is 24.7. The minimum atomic E-state index is -3.95. The summed E-state index contributed by atoms with van der Waals surface area (Å²) in [5.74, 6) is 0.0403. The first kappa shape index (κ1) is 20.0. The quantitative estimate of drug-likeness (QED) is 0.649. The van der Waals surface area contributed by atoms with Gasteiger partial charge in [0.2, 0.25) is 5.91 Å². The van der Waals surface area contributed by atoms with E-state index in [0.29, 0.717) is 5.69 Å². The summed E-state index contributed by atoms with van der Waals surface area (Å²) in [7, 11) is -3.95. The topological polar surface area (TPSA) is 130 Å². The molecule has 1 saturated heterocycles. The summed E-state index contributed by atoms with van der Waals surface area (Å²) in [6, 6.07) is 9.63. The van der Waals surface area contributed by atoms with Gasteiger partial charge in [0, 0.05) is 35.8 Å². The molecule has 28 heavy (non-hydrogen) atoms. The molecule has 148 valence electrons. The highest BCUT2D eigenvalue weighted by atomic mass is 32.2. The van der Waals surface area contributed by atoms with E-state index in [1.807, 2.05) is 16.7 Å². The lowest BCUT2D eigenvalue weighted by Crippen LogP contribution is -2.33. The molecule has 0 aromatic heterocycles. The molecule has 2 aromatic carbocycles. The molecule has 2 aromatic rings. The first-order chi connectivity index (χ1) is 13.3. The molecule has 8 nitrogen and oxygen atoms in total. The van der Waals surface area contributed by atoms with E-state index in [-0.39, 0.29) is 21.7 Å². The molecule has 0 atom stereocenters. The van der Waals surface area contributed by atoms with Crippen molar-refractivity contribution in [1.82, 2.24) is 0 Å². The number of carbonyl (C=O) groups is 2. The monoisotopic (exact) mass is 421 g/mol. The van der Waals surface area contributed by atoms with Crippen molar-refractivity contribution in [1.29, 1.82) is 0 Å². The molecule has 1 fully saturated rings. The van der Waals surface area contributed by atoms with Crippen molar-refractivity contribution in [3.8, 4) is 0 Å². The van der Waals surface area contributed by atoms with E-state index in [1.54, 1.807) is 12.1 Å². The van der Waals surface area contributed by atoms with Crippen LogP contribution in [0.4, 0.5) is 11.4 Å². The van der Waals surface area contributed by atoms with Crippen molar-refractivity contribution >= 4 is 45.0 Å². The maximum absolute atomic E-state index is 12.6. The first-order valence-electron chi connectivity index (χ1n) is 8.40. The van der Waals surface area contributed by atoms with Crippen LogP contribution in [0.2, 0.25) is 0 Å². The number of amides is 1. The Morgan fingerprint density at radius 3 is 2.29 bits per heavy atom. The molecule has 1 aliphatic heterocycles. The van der Waals surface area contributed by atoms with Gasteiger partial charge in [-0.05, 0) is 42.5 Å². The van der Waals surface area contributed by atoms with Crippen LogP contribution in [0.25, 0.3) is 0 Å². The number of thioether (sulfide) groups is 1. The third-order valence-electron chi connectivity index (χ3n) is 4.28. The van der Waals surface area contributed by atoms with Crippen LogP contribution in [0.5, 0.6) is 0 Å². The van der Waals surface area contributed by atoms with E-state index in [4.69, 9.17) is 5.73 Å². The third kappa shape index (κ3) is 4.39. The van der Waals surface area contributed by atoms with E-state index in [1.165, 1.54) is 30.3 Å². The number of rotatable bonds is 6. The van der Waals surface area contributed by atoms with Gasteiger partial charge in [-0.2, -0.15) is 11.8 Å². The second-order valence-corrected chi connectivity index (χ2v) is 9.04. The first-order valence-corrected chi connectivity index (χ1v) is 11.0. The van der Waals surface area contributed by atoms with Crippen LogP contribution in [0, 0.1) is 0 Å². The molecule has 0 aliphatic carbocycles. The van der Waals surface area contributed by atoms with Gasteiger partial charge in [-0.3, -0.25) is 9.52 Å². The number of carboxylic acid groups (broad SMARTS) is 1. The van der Waals surface area contributed by atoms with E-state index in [2.05, 4.69) is 4.72 Å². The minimum Gasteiger partial charge on any atom is -0.478 e. The number of aromatic carboxylic acids is 1. The summed E-state index contributed by atoms with van der Waals surface area (Å²) >= 11 is 1.81. The van der Waals surface area contributed by atoms with Crippen LogP contribution in [0.1, 0.15) is 20.7 Å². The summed E-state index contributed by atoms with van der Waals surface area (Å²) in [5.41, 5.74) is 6.10. The Balaban J connectivity index is 1.87. The molecule has 4 N–H and O–H groups in total. The van der Waals surface area contributed by atoms with Crippen LogP contribution >= 0.6 is 11.8 Å². The second-order valence-electron chi connectivity index (χ2n) is 6.13. The highest BCUT2D eigenvalue weighted by Crippen LogP contribution is 2.28. The van der Waals surface area contributed by atoms with Crippen molar-refractivity contribution in [3.05, 3.63) is 53.6 Å². The fourth-order valence-corrected chi connectivity index (χ4v) is 4.82. The molecule has 0 spiro atoms. The molecule has 1 aliphatic rings. The van der Waals surface area contributed by atoms with Gasteiger partial charge in [-0.15, -0.1) is 0 Å². The van der Waals surface area contributed by atoms with Crippen LogP contribution in [-0.2, 0) is 10.0 Å². The Hall–Kier alpha value is -2.72. The normalized spacial score (nSPS) is 14.5. The summed E-state index contributed by atoms with van der Waals surface area (Å²) < 4.78 is 27.5. The standard InChI is InChI=1S/C18H19N3O5S2/c19-17(22)12-1-4-14(5-2-12)28(25,26)20-13-3-6-16(15(11-13)18(23)24)21-7-9-27-10-8-21/h1-6,11,20H,7-10H2,(H2,19,22)(H,23,24). The Labute approximate surface area is 166 Å². The molecule has 10 heteroatoms. The number of anilines is 2. The zero-order valence-electron chi connectivity index (χ0n) is 14.8. The number of sulfonamides is 1. The Bertz CT molecular complexity index is 1000. The van der Waals surface area contributed by atoms with E-state index < -0.39 is 21.9 Å². The Morgan fingerprint density at radius 2 is 1.71 bits per heavy atom. The van der Waals surface area contributed by atoms with E-state index >= 15 is 0 Å². The fraction of sp³-hybridized carbons (Fsp3) is 0.222. The summed E-state index contributed by atoms with van der Waals surface area (Å²) in [6.45, 7) is 1.48. The van der Waals surface area contributed by atoms with Crippen molar-refractivity contribution in [2.24, 2.45) is 5.73 Å². The van der Waals surface area contributed by atoms with Crippen LogP contribution in [0.3, 0.4) is 0 Å². The molecule has 0 radical (unpaired) electrons. The maximum atomic E-state index is 12.6. The molecular weight excluding hydrogens is 402 g/mol. The van der Waals surface area contributed by atoms with Crippen molar-refractivity contribution in [3.63, 3.8) is 0 Å². The highest BCUT2D eigenvalue weighted by Gasteiger charge is 2.21. The highest BCUT2D eigenvalue weighted by molar-refractivity contribution is 7.99. The lowest BCUT2D eigenvalue weighted by atomic mass is 10.1. The van der Waals surface area contributed by atoms with Crippen LogP contribution in [0.15, 0.2) is 47.4 Å². The largest absolute Gasteiger partial charge is 0.478 e. The second kappa shape index (κ2) is 8.11. The van der Waals surface area contributed by atoms with Crippen molar-refractivity contribution in [2.45, 2.75) is 4.90 Å². The van der Waals surface area contributed by atoms with E-state index in [9.17, 15) is 23.1 Å². The minimum absolute atomic E-state index is 0.0381. The summed E-state index contributed by atoms with van der Waals surface area (Å²) in [6.07, 6.45) is 0. The molecule has 3 rings (SSSR count). The van der Waals surface area contributed by atoms with Gasteiger partial charge >= 0.3 is 5.97 Å². The predicted molar refractivity (Wildman–Crippen MR) is 109 cm³/mol. The number of benzene rings is 2. The molecule has 0 bridgehead atoms. The zero-order chi connectivity index (χ0) is 20.3. The number of primary amides is 1. The van der Waals surface area contributed by atoms with Gasteiger partial charge in [0.05, 0.1) is 16.1 Å². The number of nitrogens with one attached hydrogen (secondary N) is 1. The zero-order valence-corrected chi connectivity index (χ0v) is 16.4. The molecule has 0 saturated carbocycles. The van der Waals surface area contributed by atoms with Crippen molar-refractivity contribution in [2.75, 3.05) is 34.2 Å². The number of nitrogens with zero attached hydrogens (tertiary/aromatic N) is 1. The van der Waals surface area contributed by atoms with Crippen molar-refractivity contribution < 1.29 is 23.1 Å². The van der Waals surface area contributed by atoms with Crippen LogP contribution in [-0.4, -0.2) is 50.0 Å². The van der Waals surface area contributed by atoms with Gasteiger partial charge in [0.1, 0.15) is 0 Å². The number of hydrogen-bond acceptors (Lipinski definition) is 6. The fourth-order valence-electron chi connectivity index (χ4n) is 2.86. The lowest BCUT2D eigenvalue weighted by Gasteiger charge is -2.29. The van der Waals surface area contributed by atoms with E-state index in [0.717, 1.165) is 24.6 Å². The smallest absolute Gasteiger partial charge is 0.337 e. The average molecular weight is 422 g/mol. The Kier molecular flexibility index (Phi) is 5.80. The van der Waals surface area contributed by atoms with Gasteiger partial charge < -0.3 is 15.7 Å². The molecule has 1 heterocycles. The number of hydrogen-bond donors (Lipinski definition) is 3. The van der Waals surface area contributed by atoms with Gasteiger partial charge in [-0.25, -0.2) is 13.2 Å². The molecular formula is C18H19N3O5S2. The SMILES string of the molecule is NC(=O)c1ccc(S(=O)(=O)Nc2ccc(N3CCSCC3)c(C(=O)O)c2)cc1. The summed E-state index contributed by atoms with van der Waals surface area (Å²) in [5, 5.41) is 9.57. The van der Waals surface area contributed by atoms with Crippen LogP contribution < -0.4 is 15.4 Å². The Morgan fingerprint density at radius 1 is 1.07 bits per heavy atom. The van der Waals surface area contributed by atoms with Gasteiger partial charge in [0.15, 0.2) is 0 Å². The van der Waals surface area contributed by atoms with Gasteiger partial charge in [-0.1, -0.05) is 0 Å². The third-order valence-corrected chi connectivity index (χ3v) is 6.62. The average Bonchev–Trinajstić information content (AvgIpc) is 2.68. The number of nitrogens with two attached hydrogens (primary N) is 1. The predicted octanol–water partition coefficient (Wildman–Crippen LogP) is 1.84. The molecule has 0 unspecified atom stereocenters. The van der Waals surface area contributed by atoms with Gasteiger partial charge in [0.25, 0.3) is 10.0 Å². The lowest BCUT2D eigenvalue weighted by molar-refractivity contribution is 0.0697. The number of carbonyl (C=O) groups excluding carboxylic acids is 1. The number of carboxylic acids is 1. The molecule has 1 amide bonds.